The molecule has 0 bridgehead atoms. The second kappa shape index (κ2) is 6.61. The molecule has 0 heterocycles. The molecule has 0 saturated heterocycles. The van der Waals surface area contributed by atoms with Crippen molar-refractivity contribution in [2.24, 2.45) is 10.2 Å². The molecule has 0 aliphatic rings. The van der Waals surface area contributed by atoms with Crippen molar-refractivity contribution in [2.45, 2.75) is 19.8 Å². The van der Waals surface area contributed by atoms with Gasteiger partial charge in [0.2, 0.25) is 0 Å². The number of azo groups is 1. The van der Waals surface area contributed by atoms with Crippen molar-refractivity contribution in [3.8, 4) is 0 Å². The molecule has 0 amide bonds. The fourth-order valence-corrected chi connectivity index (χ4v) is 1.88. The van der Waals surface area contributed by atoms with Crippen LogP contribution in [0.15, 0.2) is 58.8 Å². The summed E-state index contributed by atoms with van der Waals surface area (Å²) in [6.45, 7) is 2.13. The number of carboxylic acids is 1. The second-order valence-corrected chi connectivity index (χ2v) is 4.48. The summed E-state index contributed by atoms with van der Waals surface area (Å²) in [5.74, 6) is -0.966. The average molecular weight is 268 g/mol. The Bertz CT molecular complexity index is 636. The molecule has 2 rings (SSSR count). The van der Waals surface area contributed by atoms with Gasteiger partial charge in [0.05, 0.1) is 16.9 Å². The Kier molecular flexibility index (Phi) is 4.60. The molecule has 0 aliphatic heterocycles. The van der Waals surface area contributed by atoms with Crippen LogP contribution < -0.4 is 0 Å². The lowest BCUT2D eigenvalue weighted by molar-refractivity contribution is 0.0697. The summed E-state index contributed by atoms with van der Waals surface area (Å²) in [4.78, 5) is 10.9. The SMILES string of the molecule is CCCc1cccc(/N=N/c2cccc(C(=O)O)c2)c1. The smallest absolute Gasteiger partial charge is 0.335 e. The van der Waals surface area contributed by atoms with Crippen molar-refractivity contribution in [1.29, 1.82) is 0 Å². The van der Waals surface area contributed by atoms with Gasteiger partial charge in [-0.3, -0.25) is 0 Å². The van der Waals surface area contributed by atoms with E-state index in [0.717, 1.165) is 18.5 Å². The molecular weight excluding hydrogens is 252 g/mol. The molecule has 4 heteroatoms. The molecular formula is C16H16N2O2. The van der Waals surface area contributed by atoms with E-state index in [2.05, 4.69) is 23.2 Å². The maximum Gasteiger partial charge on any atom is 0.335 e. The van der Waals surface area contributed by atoms with Crippen LogP contribution in [0, 0.1) is 0 Å². The van der Waals surface area contributed by atoms with E-state index < -0.39 is 5.97 Å². The number of carboxylic acid groups (broad SMARTS) is 1. The highest BCUT2D eigenvalue weighted by Crippen LogP contribution is 2.20. The minimum atomic E-state index is -0.966. The first-order valence-corrected chi connectivity index (χ1v) is 6.53. The van der Waals surface area contributed by atoms with Crippen LogP contribution in [0.4, 0.5) is 11.4 Å². The molecule has 0 fully saturated rings. The first-order chi connectivity index (χ1) is 9.69. The maximum atomic E-state index is 10.9. The van der Waals surface area contributed by atoms with Gasteiger partial charge in [0.15, 0.2) is 0 Å². The van der Waals surface area contributed by atoms with E-state index in [1.54, 1.807) is 12.1 Å². The molecule has 4 nitrogen and oxygen atoms in total. The topological polar surface area (TPSA) is 62.0 Å². The normalized spacial score (nSPS) is 10.8. The number of aryl methyl sites for hydroxylation is 1. The summed E-state index contributed by atoms with van der Waals surface area (Å²) in [5, 5.41) is 17.2. The number of hydrogen-bond donors (Lipinski definition) is 1. The molecule has 0 unspecified atom stereocenters. The van der Waals surface area contributed by atoms with Crippen molar-refractivity contribution in [3.05, 3.63) is 59.7 Å². The van der Waals surface area contributed by atoms with E-state index in [0.29, 0.717) is 5.69 Å². The lowest BCUT2D eigenvalue weighted by atomic mass is 10.1. The molecule has 2 aromatic rings. The first-order valence-electron chi connectivity index (χ1n) is 6.53. The molecule has 0 radical (unpaired) electrons. The molecule has 102 valence electrons. The highest BCUT2D eigenvalue weighted by molar-refractivity contribution is 5.88. The zero-order chi connectivity index (χ0) is 14.4. The van der Waals surface area contributed by atoms with Gasteiger partial charge in [-0.2, -0.15) is 10.2 Å². The van der Waals surface area contributed by atoms with Crippen LogP contribution in [-0.2, 0) is 6.42 Å². The van der Waals surface area contributed by atoms with Gasteiger partial charge in [0.1, 0.15) is 0 Å². The highest BCUT2D eigenvalue weighted by Gasteiger charge is 2.02. The molecule has 2 aromatic carbocycles. The van der Waals surface area contributed by atoms with Crippen LogP contribution >= 0.6 is 0 Å². The molecule has 0 spiro atoms. The molecule has 1 N–H and O–H groups in total. The number of carbonyl (C=O) groups is 1. The van der Waals surface area contributed by atoms with E-state index >= 15 is 0 Å². The predicted molar refractivity (Wildman–Crippen MR) is 78.0 cm³/mol. The Balaban J connectivity index is 2.18. The van der Waals surface area contributed by atoms with Gasteiger partial charge in [0, 0.05) is 0 Å². The zero-order valence-electron chi connectivity index (χ0n) is 11.3. The van der Waals surface area contributed by atoms with Gasteiger partial charge in [-0.05, 0) is 42.3 Å². The Morgan fingerprint density at radius 3 is 2.35 bits per heavy atom. The Morgan fingerprint density at radius 2 is 1.70 bits per heavy atom. The van der Waals surface area contributed by atoms with Gasteiger partial charge >= 0.3 is 5.97 Å². The zero-order valence-corrected chi connectivity index (χ0v) is 11.3. The summed E-state index contributed by atoms with van der Waals surface area (Å²) >= 11 is 0. The maximum absolute atomic E-state index is 10.9. The number of hydrogen-bond acceptors (Lipinski definition) is 3. The summed E-state index contributed by atoms with van der Waals surface area (Å²) in [6, 6.07) is 14.3. The largest absolute Gasteiger partial charge is 0.478 e. The van der Waals surface area contributed by atoms with Gasteiger partial charge in [-0.15, -0.1) is 0 Å². The van der Waals surface area contributed by atoms with E-state index in [4.69, 9.17) is 5.11 Å². The summed E-state index contributed by atoms with van der Waals surface area (Å²) in [6.07, 6.45) is 2.10. The average Bonchev–Trinajstić information content (AvgIpc) is 2.46. The van der Waals surface area contributed by atoms with Gasteiger partial charge in [0.25, 0.3) is 0 Å². The van der Waals surface area contributed by atoms with Crippen molar-refractivity contribution in [1.82, 2.24) is 0 Å². The van der Waals surface area contributed by atoms with E-state index in [-0.39, 0.29) is 5.56 Å². The summed E-state index contributed by atoms with van der Waals surface area (Å²) < 4.78 is 0. The van der Waals surface area contributed by atoms with Crippen molar-refractivity contribution < 1.29 is 9.90 Å². The van der Waals surface area contributed by atoms with Crippen LogP contribution in [-0.4, -0.2) is 11.1 Å². The lowest BCUT2D eigenvalue weighted by Gasteiger charge is -1.99. The Labute approximate surface area is 117 Å². The van der Waals surface area contributed by atoms with E-state index in [1.807, 2.05) is 18.2 Å². The number of rotatable bonds is 5. The van der Waals surface area contributed by atoms with Crippen LogP contribution in [0.3, 0.4) is 0 Å². The van der Waals surface area contributed by atoms with Crippen LogP contribution in [0.5, 0.6) is 0 Å². The second-order valence-electron chi connectivity index (χ2n) is 4.48. The van der Waals surface area contributed by atoms with Gasteiger partial charge in [-0.1, -0.05) is 31.5 Å². The van der Waals surface area contributed by atoms with Crippen molar-refractivity contribution in [2.75, 3.05) is 0 Å². The molecule has 0 aliphatic carbocycles. The Hall–Kier alpha value is -2.49. The molecule has 0 aromatic heterocycles. The molecule has 0 atom stereocenters. The standard InChI is InChI=1S/C16H16N2O2/c1-2-5-12-6-3-8-14(10-12)17-18-15-9-4-7-13(11-15)16(19)20/h3-4,6-11H,2,5H2,1H3,(H,19,20)/b18-17+. The fourth-order valence-electron chi connectivity index (χ4n) is 1.88. The highest BCUT2D eigenvalue weighted by atomic mass is 16.4. The Morgan fingerprint density at radius 1 is 1.05 bits per heavy atom. The van der Waals surface area contributed by atoms with Crippen molar-refractivity contribution >= 4 is 17.3 Å². The van der Waals surface area contributed by atoms with Crippen LogP contribution in [0.1, 0.15) is 29.3 Å². The summed E-state index contributed by atoms with van der Waals surface area (Å²) in [7, 11) is 0. The van der Waals surface area contributed by atoms with Crippen molar-refractivity contribution in [3.63, 3.8) is 0 Å². The predicted octanol–water partition coefficient (Wildman–Crippen LogP) is 4.75. The van der Waals surface area contributed by atoms with Crippen LogP contribution in [0.25, 0.3) is 0 Å². The third-order valence-corrected chi connectivity index (χ3v) is 2.82. The minimum absolute atomic E-state index is 0.209. The van der Waals surface area contributed by atoms with Gasteiger partial charge < -0.3 is 5.11 Å². The quantitative estimate of drug-likeness (QED) is 0.795. The van der Waals surface area contributed by atoms with Crippen LogP contribution in [0.2, 0.25) is 0 Å². The third kappa shape index (κ3) is 3.75. The third-order valence-electron chi connectivity index (χ3n) is 2.82. The van der Waals surface area contributed by atoms with E-state index in [9.17, 15) is 4.79 Å². The molecule has 0 saturated carbocycles. The van der Waals surface area contributed by atoms with Gasteiger partial charge in [-0.25, -0.2) is 4.79 Å². The molecule has 20 heavy (non-hydrogen) atoms. The first kappa shape index (κ1) is 13.9. The van der Waals surface area contributed by atoms with E-state index in [1.165, 1.54) is 17.7 Å². The number of nitrogens with zero attached hydrogens (tertiary/aromatic N) is 2. The number of aromatic carboxylic acids is 1. The minimum Gasteiger partial charge on any atom is -0.478 e. The fraction of sp³-hybridized carbons (Fsp3) is 0.188. The summed E-state index contributed by atoms with van der Waals surface area (Å²) in [5.41, 5.74) is 2.74. The monoisotopic (exact) mass is 268 g/mol. The number of benzene rings is 2. The lowest BCUT2D eigenvalue weighted by Crippen LogP contribution is -1.94.